The molecule has 1 aromatic carbocycles. The Hall–Kier alpha value is -3.86. The van der Waals surface area contributed by atoms with E-state index in [2.05, 4.69) is 79.1 Å². The second kappa shape index (κ2) is 18.1. The minimum atomic E-state index is -1.08. The molecule has 2 aromatic heterocycles. The van der Waals surface area contributed by atoms with Gasteiger partial charge in [0.05, 0.1) is 56.0 Å². The van der Waals surface area contributed by atoms with Crippen molar-refractivity contribution in [3.63, 3.8) is 0 Å². The van der Waals surface area contributed by atoms with E-state index in [1.165, 1.54) is 5.01 Å². The molecular formula is C46H63N7O7S. The van der Waals surface area contributed by atoms with Crippen LogP contribution < -0.4 is 10.7 Å². The Morgan fingerprint density at radius 1 is 1.18 bits per heavy atom. The van der Waals surface area contributed by atoms with Crippen LogP contribution in [0.3, 0.4) is 0 Å². The first-order valence-electron chi connectivity index (χ1n) is 22.1. The summed E-state index contributed by atoms with van der Waals surface area (Å²) in [6.07, 6.45) is 2.44. The van der Waals surface area contributed by atoms with Crippen molar-refractivity contribution in [2.75, 3.05) is 59.4 Å². The lowest BCUT2D eigenvalue weighted by atomic mass is 9.84. The van der Waals surface area contributed by atoms with Gasteiger partial charge in [-0.05, 0) is 87.4 Å². The number of amides is 2. The lowest BCUT2D eigenvalue weighted by molar-refractivity contribution is -0.156. The molecule has 2 amide bonds. The molecule has 15 heteroatoms. The summed E-state index contributed by atoms with van der Waals surface area (Å²) in [6, 6.07) is 9.01. The van der Waals surface area contributed by atoms with Gasteiger partial charge in [0.2, 0.25) is 5.91 Å². The van der Waals surface area contributed by atoms with Crippen molar-refractivity contribution >= 4 is 45.5 Å². The first-order valence-corrected chi connectivity index (χ1v) is 23.1. The zero-order valence-corrected chi connectivity index (χ0v) is 37.8. The molecule has 2 saturated heterocycles. The van der Waals surface area contributed by atoms with Crippen LogP contribution in [0.5, 0.6) is 0 Å². The molecule has 3 fully saturated rings. The van der Waals surface area contributed by atoms with Gasteiger partial charge in [-0.15, -0.1) is 11.8 Å². The van der Waals surface area contributed by atoms with Crippen LogP contribution >= 0.6 is 11.8 Å². The minimum Gasteiger partial charge on any atom is -0.464 e. The van der Waals surface area contributed by atoms with Crippen LogP contribution in [0.15, 0.2) is 41.5 Å². The number of likely N-dealkylation sites (N-methyl/N-ethyl adjacent to an activating group) is 1. The smallest absolute Gasteiger partial charge is 0.324 e. The first-order chi connectivity index (χ1) is 29.3. The molecule has 61 heavy (non-hydrogen) atoms. The molecule has 0 spiro atoms. The Morgan fingerprint density at radius 2 is 1.97 bits per heavy atom. The van der Waals surface area contributed by atoms with E-state index < -0.39 is 29.6 Å². The number of pyridine rings is 1. The number of cyclic esters (lactones) is 1. The summed E-state index contributed by atoms with van der Waals surface area (Å²) in [5.74, 6) is -0.0623. The molecule has 1 aliphatic carbocycles. The summed E-state index contributed by atoms with van der Waals surface area (Å²) < 4.78 is 26.5. The summed E-state index contributed by atoms with van der Waals surface area (Å²) in [5, 5.41) is 6.44. The van der Waals surface area contributed by atoms with Crippen LogP contribution in [0.1, 0.15) is 83.4 Å². The number of thioether (sulfide) groups is 1. The van der Waals surface area contributed by atoms with E-state index in [4.69, 9.17) is 28.9 Å². The fourth-order valence-corrected chi connectivity index (χ4v) is 10.5. The van der Waals surface area contributed by atoms with Gasteiger partial charge < -0.3 is 28.8 Å². The number of hydrogen-bond acceptors (Lipinski definition) is 12. The molecule has 2 unspecified atom stereocenters. The molecule has 5 aliphatic rings. The Morgan fingerprint density at radius 3 is 2.67 bits per heavy atom. The van der Waals surface area contributed by atoms with E-state index in [1.807, 2.05) is 26.2 Å². The molecule has 4 aliphatic heterocycles. The lowest BCUT2D eigenvalue weighted by Gasteiger charge is -2.38. The average Bonchev–Trinajstić information content (AvgIpc) is 3.52. The molecule has 3 aromatic rings. The maximum Gasteiger partial charge on any atom is 0.324 e. The number of methoxy groups -OCH3 is 1. The van der Waals surface area contributed by atoms with Gasteiger partial charge in [-0.3, -0.25) is 34.3 Å². The highest BCUT2D eigenvalue weighted by Crippen LogP contribution is 2.46. The van der Waals surface area contributed by atoms with E-state index >= 15 is 0 Å². The van der Waals surface area contributed by atoms with Crippen LogP contribution in [0, 0.1) is 23.2 Å². The third kappa shape index (κ3) is 8.88. The van der Waals surface area contributed by atoms with E-state index in [1.54, 1.807) is 18.9 Å². The zero-order chi connectivity index (χ0) is 43.2. The van der Waals surface area contributed by atoms with E-state index in [0.29, 0.717) is 69.0 Å². The van der Waals surface area contributed by atoms with Crippen LogP contribution in [-0.4, -0.2) is 126 Å². The normalized spacial score (nSPS) is 28.6. The number of fused-ring (bicyclic) bond motifs is 5. The van der Waals surface area contributed by atoms with Crippen LogP contribution in [0.4, 0.5) is 0 Å². The third-order valence-corrected chi connectivity index (χ3v) is 14.7. The van der Waals surface area contributed by atoms with E-state index in [0.717, 1.165) is 45.5 Å². The van der Waals surface area contributed by atoms with Gasteiger partial charge >= 0.3 is 5.97 Å². The number of aliphatic imine (C=N–C) groups is 1. The average molecular weight is 858 g/mol. The summed E-state index contributed by atoms with van der Waals surface area (Å²) in [7, 11) is 3.75. The largest absolute Gasteiger partial charge is 0.464 e. The third-order valence-electron chi connectivity index (χ3n) is 13.6. The predicted molar refractivity (Wildman–Crippen MR) is 236 cm³/mol. The summed E-state index contributed by atoms with van der Waals surface area (Å²) in [6.45, 7) is 16.1. The monoisotopic (exact) mass is 857 g/mol. The minimum absolute atomic E-state index is 0.168. The predicted octanol–water partition coefficient (Wildman–Crippen LogP) is 5.34. The number of aromatic nitrogens is 2. The van der Waals surface area contributed by atoms with Crippen molar-refractivity contribution in [2.45, 2.75) is 104 Å². The molecule has 0 radical (unpaired) electrons. The molecule has 8 atom stereocenters. The van der Waals surface area contributed by atoms with Crippen LogP contribution in [0.2, 0.25) is 0 Å². The number of ether oxygens (including phenoxy) is 4. The fourth-order valence-electron chi connectivity index (χ4n) is 9.37. The number of carbonyl (C=O) groups is 3. The number of rotatable bonds is 11. The molecule has 8 rings (SSSR count). The van der Waals surface area contributed by atoms with Crippen molar-refractivity contribution in [1.29, 1.82) is 0 Å². The Labute approximate surface area is 363 Å². The second-order valence-electron chi connectivity index (χ2n) is 18.4. The van der Waals surface area contributed by atoms with Crippen molar-refractivity contribution in [3.8, 4) is 11.3 Å². The van der Waals surface area contributed by atoms with Gasteiger partial charge in [-0.25, -0.2) is 5.43 Å². The van der Waals surface area contributed by atoms with Gasteiger partial charge in [0, 0.05) is 66.5 Å². The number of esters is 1. The molecule has 14 nitrogen and oxygen atoms in total. The van der Waals surface area contributed by atoms with Crippen molar-refractivity contribution in [3.05, 3.63) is 53.3 Å². The summed E-state index contributed by atoms with van der Waals surface area (Å²) >= 11 is 1.58. The standard InChI is InChI=1S/C46H63N7O7S/c1-9-52-36-15-14-29-20-32(36)33(40(52)31-12-10-16-47-38(31)28(4)57-8)21-46(5,6)25-60-45(56)34-13-11-17-53(50-34)44(55)39(49-42(54)37-26(2)27(37)3)41(43-48-35(29)24-61-43)59-19-18-51(7)30-22-58-23-30/h10,12,14-16,20,26-28,30,34-35,37,39,41,50H,9,11,13,17-19,21-25H2,1-8H3,(H,49,54)/t26-,27+,28-,34-,35?,37?,39-,41-/m0/s1. The molecule has 2 N–H and O–H groups in total. The van der Waals surface area contributed by atoms with Gasteiger partial charge in [0.1, 0.15) is 23.2 Å². The SMILES string of the molecule is CCn1c(-c2cccnc2[C@H](C)OC)c2c3cc(ccc31)C1CSC(=N1)[C@@H](OCCN(C)C1COC1)[C@H](NC(=O)C1[C@@H](C)[C@H]1C)C(=O)N1CCC[C@H](N1)C(=O)OCC(C)(C)C2. The number of hydrazine groups is 1. The summed E-state index contributed by atoms with van der Waals surface area (Å²) in [5.41, 5.74) is 8.98. The Kier molecular flexibility index (Phi) is 13.0. The highest BCUT2D eigenvalue weighted by atomic mass is 32.2. The summed E-state index contributed by atoms with van der Waals surface area (Å²) in [4.78, 5) is 55.1. The van der Waals surface area contributed by atoms with E-state index in [-0.39, 0.29) is 48.3 Å². The second-order valence-corrected chi connectivity index (χ2v) is 19.5. The van der Waals surface area contributed by atoms with Gasteiger partial charge in [-0.2, -0.15) is 0 Å². The molecule has 6 heterocycles. The molecule has 6 bridgehead atoms. The maximum atomic E-state index is 14.9. The zero-order valence-electron chi connectivity index (χ0n) is 36.9. The number of nitrogens with one attached hydrogen (secondary N) is 2. The van der Waals surface area contributed by atoms with Crippen molar-refractivity contribution in [1.82, 2.24) is 30.2 Å². The van der Waals surface area contributed by atoms with Gasteiger partial charge in [-0.1, -0.05) is 33.8 Å². The number of aryl methyl sites for hydroxylation is 1. The molecular weight excluding hydrogens is 795 g/mol. The van der Waals surface area contributed by atoms with Gasteiger partial charge in [0.25, 0.3) is 5.91 Å². The number of carbonyl (C=O) groups excluding carboxylic acids is 3. The number of hydrogen-bond donors (Lipinski definition) is 2. The first kappa shape index (κ1) is 43.8. The maximum absolute atomic E-state index is 14.9. The lowest BCUT2D eigenvalue weighted by Crippen LogP contribution is -2.63. The quantitative estimate of drug-likeness (QED) is 0.241. The topological polar surface area (TPSA) is 149 Å². The van der Waals surface area contributed by atoms with Crippen molar-refractivity contribution < 1.29 is 33.3 Å². The highest BCUT2D eigenvalue weighted by molar-refractivity contribution is 8.14. The highest BCUT2D eigenvalue weighted by Gasteiger charge is 2.50. The van der Waals surface area contributed by atoms with Crippen LogP contribution in [-0.2, 0) is 46.3 Å². The van der Waals surface area contributed by atoms with Crippen LogP contribution in [0.25, 0.3) is 22.2 Å². The van der Waals surface area contributed by atoms with Crippen molar-refractivity contribution in [2.24, 2.45) is 28.2 Å². The number of nitrogens with zero attached hydrogens (tertiary/aromatic N) is 5. The number of benzene rings is 1. The van der Waals surface area contributed by atoms with E-state index in [9.17, 15) is 14.4 Å². The Balaban J connectivity index is 1.24. The molecule has 330 valence electrons. The fraction of sp³-hybridized carbons (Fsp3) is 0.630. The molecule has 1 saturated carbocycles. The Bertz CT molecular complexity index is 2150. The van der Waals surface area contributed by atoms with Gasteiger partial charge in [0.15, 0.2) is 0 Å².